The summed E-state index contributed by atoms with van der Waals surface area (Å²) in [5.41, 5.74) is 2.58. The number of nitrogens with zero attached hydrogens (tertiary/aromatic N) is 1. The second kappa shape index (κ2) is 9.05. The third kappa shape index (κ3) is 4.49. The molecule has 0 bridgehead atoms. The number of pyridine rings is 1. The molecule has 0 spiro atoms. The molecule has 1 heterocycles. The number of aromatic nitrogens is 1. The SMILES string of the molecule is CC.CC1(n2cccc(CC3=CC=CCCC3)c2=O)CCCCC1. The van der Waals surface area contributed by atoms with Gasteiger partial charge in [-0.2, -0.15) is 0 Å². The summed E-state index contributed by atoms with van der Waals surface area (Å²) < 4.78 is 2.02. The fourth-order valence-electron chi connectivity index (χ4n) is 3.88. The van der Waals surface area contributed by atoms with E-state index in [-0.39, 0.29) is 11.1 Å². The lowest BCUT2D eigenvalue weighted by Crippen LogP contribution is -2.41. The van der Waals surface area contributed by atoms with Gasteiger partial charge in [-0.05, 0) is 51.5 Å². The Bertz CT molecular complexity index is 630. The van der Waals surface area contributed by atoms with Crippen molar-refractivity contribution in [1.29, 1.82) is 0 Å². The quantitative estimate of drug-likeness (QED) is 0.691. The average Bonchev–Trinajstić information content (AvgIpc) is 2.88. The van der Waals surface area contributed by atoms with Crippen LogP contribution in [0.2, 0.25) is 0 Å². The molecule has 1 aromatic rings. The maximum Gasteiger partial charge on any atom is 0.254 e. The summed E-state index contributed by atoms with van der Waals surface area (Å²) in [6, 6.07) is 4.07. The van der Waals surface area contributed by atoms with Crippen molar-refractivity contribution in [3.8, 4) is 0 Å². The van der Waals surface area contributed by atoms with E-state index in [2.05, 4.69) is 31.2 Å². The highest BCUT2D eigenvalue weighted by Crippen LogP contribution is 2.33. The molecular formula is C22H33NO. The minimum absolute atomic E-state index is 0.0169. The van der Waals surface area contributed by atoms with Crippen molar-refractivity contribution >= 4 is 0 Å². The van der Waals surface area contributed by atoms with Crippen molar-refractivity contribution in [1.82, 2.24) is 4.57 Å². The molecule has 0 aliphatic heterocycles. The van der Waals surface area contributed by atoms with Crippen LogP contribution in [0.15, 0.2) is 46.9 Å². The second-order valence-corrected chi connectivity index (χ2v) is 7.09. The van der Waals surface area contributed by atoms with Gasteiger partial charge >= 0.3 is 0 Å². The van der Waals surface area contributed by atoms with Gasteiger partial charge in [0, 0.05) is 17.3 Å². The summed E-state index contributed by atoms with van der Waals surface area (Å²) in [4.78, 5) is 13.0. The lowest BCUT2D eigenvalue weighted by atomic mass is 9.83. The number of hydrogen-bond acceptors (Lipinski definition) is 1. The zero-order valence-corrected chi connectivity index (χ0v) is 15.7. The van der Waals surface area contributed by atoms with Gasteiger partial charge in [0.1, 0.15) is 0 Å². The Morgan fingerprint density at radius 1 is 1.12 bits per heavy atom. The molecule has 24 heavy (non-hydrogen) atoms. The standard InChI is InChI=1S/C20H27NO.C2H6/c1-20(13-7-4-8-14-20)21-15-9-12-18(19(21)22)16-17-10-5-2-3-6-11-17;1-2/h2,5,9-10,12,15H,3-4,6-8,11,13-14,16H2,1H3;1-2H3. The smallest absolute Gasteiger partial charge is 0.254 e. The molecule has 0 radical (unpaired) electrons. The summed E-state index contributed by atoms with van der Waals surface area (Å²) in [5.74, 6) is 0. The molecule has 132 valence electrons. The summed E-state index contributed by atoms with van der Waals surface area (Å²) in [6.45, 7) is 6.25. The molecule has 2 aliphatic rings. The molecule has 1 aromatic heterocycles. The number of allylic oxidation sites excluding steroid dienone is 4. The van der Waals surface area contributed by atoms with Gasteiger partial charge in [-0.3, -0.25) is 4.79 Å². The van der Waals surface area contributed by atoms with Crippen molar-refractivity contribution in [2.24, 2.45) is 0 Å². The summed E-state index contributed by atoms with van der Waals surface area (Å²) in [7, 11) is 0. The van der Waals surface area contributed by atoms with Gasteiger partial charge in [-0.25, -0.2) is 0 Å². The highest BCUT2D eigenvalue weighted by atomic mass is 16.1. The van der Waals surface area contributed by atoms with Crippen LogP contribution in [0.3, 0.4) is 0 Å². The van der Waals surface area contributed by atoms with E-state index in [0.717, 1.165) is 37.7 Å². The topological polar surface area (TPSA) is 22.0 Å². The highest BCUT2D eigenvalue weighted by molar-refractivity contribution is 5.24. The minimum atomic E-state index is 0.0169. The maximum atomic E-state index is 13.0. The average molecular weight is 328 g/mol. The van der Waals surface area contributed by atoms with Crippen LogP contribution in [-0.2, 0) is 12.0 Å². The third-order valence-corrected chi connectivity index (χ3v) is 5.29. The molecule has 0 N–H and O–H groups in total. The zero-order chi connectivity index (χ0) is 17.4. The van der Waals surface area contributed by atoms with Crippen LogP contribution in [0.1, 0.15) is 77.7 Å². The largest absolute Gasteiger partial charge is 0.309 e. The second-order valence-electron chi connectivity index (χ2n) is 7.09. The Morgan fingerprint density at radius 3 is 2.62 bits per heavy atom. The number of rotatable bonds is 3. The Hall–Kier alpha value is -1.57. The van der Waals surface area contributed by atoms with E-state index >= 15 is 0 Å². The van der Waals surface area contributed by atoms with Gasteiger partial charge in [-0.1, -0.05) is 63.0 Å². The van der Waals surface area contributed by atoms with E-state index in [9.17, 15) is 4.79 Å². The Kier molecular flexibility index (Phi) is 7.08. The summed E-state index contributed by atoms with van der Waals surface area (Å²) in [6.07, 6.45) is 18.9. The Morgan fingerprint density at radius 2 is 1.88 bits per heavy atom. The molecule has 0 aromatic carbocycles. The van der Waals surface area contributed by atoms with E-state index < -0.39 is 0 Å². The fourth-order valence-corrected chi connectivity index (χ4v) is 3.88. The monoisotopic (exact) mass is 327 g/mol. The van der Waals surface area contributed by atoms with Crippen LogP contribution in [0.4, 0.5) is 0 Å². The normalized spacial score (nSPS) is 19.7. The van der Waals surface area contributed by atoms with Gasteiger partial charge in [0.2, 0.25) is 0 Å². The first-order chi connectivity index (χ1) is 11.7. The summed E-state index contributed by atoms with van der Waals surface area (Å²) >= 11 is 0. The van der Waals surface area contributed by atoms with E-state index in [1.807, 2.05) is 30.7 Å². The molecule has 1 saturated carbocycles. The molecule has 3 rings (SSSR count). The molecule has 0 amide bonds. The van der Waals surface area contributed by atoms with Crippen molar-refractivity contribution in [3.63, 3.8) is 0 Å². The lowest BCUT2D eigenvalue weighted by molar-refractivity contribution is 0.212. The van der Waals surface area contributed by atoms with Crippen LogP contribution in [0.25, 0.3) is 0 Å². The van der Waals surface area contributed by atoms with Gasteiger partial charge in [0.05, 0.1) is 0 Å². The number of hydrogen-bond donors (Lipinski definition) is 0. The first-order valence-electron chi connectivity index (χ1n) is 9.75. The first kappa shape index (κ1) is 18.8. The molecule has 0 saturated heterocycles. The van der Waals surface area contributed by atoms with Gasteiger partial charge in [-0.15, -0.1) is 0 Å². The van der Waals surface area contributed by atoms with Crippen LogP contribution in [0.5, 0.6) is 0 Å². The van der Waals surface area contributed by atoms with Gasteiger partial charge in [0.25, 0.3) is 5.56 Å². The Balaban J connectivity index is 0.00000100. The summed E-state index contributed by atoms with van der Waals surface area (Å²) in [5, 5.41) is 0. The van der Waals surface area contributed by atoms with Crippen molar-refractivity contribution in [2.45, 2.75) is 84.1 Å². The van der Waals surface area contributed by atoms with Crippen LogP contribution >= 0.6 is 0 Å². The van der Waals surface area contributed by atoms with Crippen LogP contribution in [-0.4, -0.2) is 4.57 Å². The molecular weight excluding hydrogens is 294 g/mol. The predicted molar refractivity (Wildman–Crippen MR) is 104 cm³/mol. The van der Waals surface area contributed by atoms with E-state index in [1.54, 1.807) is 0 Å². The molecule has 2 heteroatoms. The van der Waals surface area contributed by atoms with Crippen molar-refractivity contribution in [2.75, 3.05) is 0 Å². The van der Waals surface area contributed by atoms with E-state index in [4.69, 9.17) is 0 Å². The first-order valence-corrected chi connectivity index (χ1v) is 9.75. The van der Waals surface area contributed by atoms with Crippen molar-refractivity contribution < 1.29 is 0 Å². The van der Waals surface area contributed by atoms with E-state index in [0.29, 0.717) is 0 Å². The maximum absolute atomic E-state index is 13.0. The van der Waals surface area contributed by atoms with E-state index in [1.165, 1.54) is 31.3 Å². The molecule has 2 nitrogen and oxygen atoms in total. The molecule has 0 unspecified atom stereocenters. The third-order valence-electron chi connectivity index (χ3n) is 5.29. The van der Waals surface area contributed by atoms with Crippen LogP contribution < -0.4 is 5.56 Å². The van der Waals surface area contributed by atoms with Gasteiger partial charge < -0.3 is 4.57 Å². The lowest BCUT2D eigenvalue weighted by Gasteiger charge is -2.36. The minimum Gasteiger partial charge on any atom is -0.309 e. The molecule has 0 atom stereocenters. The predicted octanol–water partition coefficient (Wildman–Crippen LogP) is 5.76. The van der Waals surface area contributed by atoms with Crippen molar-refractivity contribution in [3.05, 3.63) is 58.0 Å². The molecule has 1 fully saturated rings. The highest BCUT2D eigenvalue weighted by Gasteiger charge is 2.29. The molecule has 2 aliphatic carbocycles. The van der Waals surface area contributed by atoms with Crippen LogP contribution in [0, 0.1) is 0 Å². The zero-order valence-electron chi connectivity index (χ0n) is 15.7. The fraction of sp³-hybridized carbons (Fsp3) is 0.591. The Labute approximate surface area is 147 Å². The van der Waals surface area contributed by atoms with Gasteiger partial charge in [0.15, 0.2) is 0 Å².